The second-order valence-corrected chi connectivity index (χ2v) is 5.50. The highest BCUT2D eigenvalue weighted by molar-refractivity contribution is 5.76. The molecule has 2 N–H and O–H groups in total. The highest BCUT2D eigenvalue weighted by atomic mass is 16.3. The van der Waals surface area contributed by atoms with Crippen molar-refractivity contribution in [3.05, 3.63) is 0 Å². The first kappa shape index (κ1) is 13.5. The predicted molar refractivity (Wildman–Crippen MR) is 64.1 cm³/mol. The number of piperidine rings is 1. The van der Waals surface area contributed by atoms with E-state index in [2.05, 4.69) is 31.1 Å². The Labute approximate surface area is 98.0 Å². The van der Waals surface area contributed by atoms with Crippen molar-refractivity contribution in [3.63, 3.8) is 0 Å². The minimum absolute atomic E-state index is 0.117. The second kappa shape index (κ2) is 5.64. The Bertz CT molecular complexity index is 233. The van der Waals surface area contributed by atoms with Crippen LogP contribution in [0.2, 0.25) is 0 Å². The maximum Gasteiger partial charge on any atom is 0.245 e. The van der Waals surface area contributed by atoms with Gasteiger partial charge >= 0.3 is 0 Å². The molecule has 0 aromatic carbocycles. The standard InChI is InChI=1S/C12H24N2O2/c1-12(2,9-13-11(16)8-15)10-4-6-14(3)7-5-10/h10,15H,4-9H2,1-3H3,(H,13,16). The quantitative estimate of drug-likeness (QED) is 0.735. The fourth-order valence-corrected chi connectivity index (χ4v) is 2.32. The normalized spacial score (nSPS) is 19.8. The molecule has 4 nitrogen and oxygen atoms in total. The number of amides is 1. The van der Waals surface area contributed by atoms with Gasteiger partial charge < -0.3 is 15.3 Å². The van der Waals surface area contributed by atoms with Gasteiger partial charge in [0.15, 0.2) is 0 Å². The monoisotopic (exact) mass is 228 g/mol. The molecule has 0 saturated carbocycles. The summed E-state index contributed by atoms with van der Waals surface area (Å²) in [7, 11) is 2.15. The Morgan fingerprint density at radius 1 is 1.44 bits per heavy atom. The third-order valence-corrected chi connectivity index (χ3v) is 3.71. The van der Waals surface area contributed by atoms with Crippen LogP contribution in [-0.4, -0.2) is 49.2 Å². The van der Waals surface area contributed by atoms with Crippen molar-refractivity contribution in [3.8, 4) is 0 Å². The van der Waals surface area contributed by atoms with Gasteiger partial charge in [0.25, 0.3) is 0 Å². The van der Waals surface area contributed by atoms with Crippen LogP contribution in [0.3, 0.4) is 0 Å². The molecule has 0 bridgehead atoms. The van der Waals surface area contributed by atoms with E-state index in [0.29, 0.717) is 12.5 Å². The number of carbonyl (C=O) groups is 1. The largest absolute Gasteiger partial charge is 0.387 e. The van der Waals surface area contributed by atoms with Crippen LogP contribution in [0.1, 0.15) is 26.7 Å². The van der Waals surface area contributed by atoms with Gasteiger partial charge in [-0.25, -0.2) is 0 Å². The molecule has 1 heterocycles. The van der Waals surface area contributed by atoms with Crippen LogP contribution in [0, 0.1) is 11.3 Å². The highest BCUT2D eigenvalue weighted by Crippen LogP contribution is 2.34. The summed E-state index contributed by atoms with van der Waals surface area (Å²) in [6, 6.07) is 0. The summed E-state index contributed by atoms with van der Waals surface area (Å²) in [5.74, 6) is 0.378. The predicted octanol–water partition coefficient (Wildman–Crippen LogP) is 0.463. The molecule has 1 aliphatic heterocycles. The molecule has 94 valence electrons. The SMILES string of the molecule is CN1CCC(C(C)(C)CNC(=O)CO)CC1. The van der Waals surface area contributed by atoms with Crippen molar-refractivity contribution < 1.29 is 9.90 Å². The molecule has 1 aliphatic rings. The fourth-order valence-electron chi connectivity index (χ4n) is 2.32. The van der Waals surface area contributed by atoms with Crippen LogP contribution in [0.25, 0.3) is 0 Å². The summed E-state index contributed by atoms with van der Waals surface area (Å²) in [5.41, 5.74) is 0.117. The van der Waals surface area contributed by atoms with Crippen molar-refractivity contribution in [2.24, 2.45) is 11.3 Å². The number of rotatable bonds is 4. The Balaban J connectivity index is 2.40. The van der Waals surface area contributed by atoms with E-state index in [4.69, 9.17) is 5.11 Å². The maximum atomic E-state index is 11.0. The number of nitrogens with zero attached hydrogens (tertiary/aromatic N) is 1. The number of aliphatic hydroxyl groups excluding tert-OH is 1. The molecule has 1 saturated heterocycles. The molecule has 0 aromatic heterocycles. The maximum absolute atomic E-state index is 11.0. The fraction of sp³-hybridized carbons (Fsp3) is 0.917. The molecule has 4 heteroatoms. The Hall–Kier alpha value is -0.610. The smallest absolute Gasteiger partial charge is 0.245 e. The molecule has 1 rings (SSSR count). The molecule has 0 spiro atoms. The molecule has 1 fully saturated rings. The zero-order chi connectivity index (χ0) is 12.2. The Morgan fingerprint density at radius 3 is 2.50 bits per heavy atom. The molecule has 1 amide bonds. The van der Waals surface area contributed by atoms with Gasteiger partial charge in [-0.15, -0.1) is 0 Å². The first-order valence-corrected chi connectivity index (χ1v) is 6.02. The average Bonchev–Trinajstić information content (AvgIpc) is 2.26. The van der Waals surface area contributed by atoms with Gasteiger partial charge in [-0.3, -0.25) is 4.79 Å². The van der Waals surface area contributed by atoms with Gasteiger partial charge in [-0.2, -0.15) is 0 Å². The second-order valence-electron chi connectivity index (χ2n) is 5.50. The summed E-state index contributed by atoms with van der Waals surface area (Å²) in [6.07, 6.45) is 2.39. The van der Waals surface area contributed by atoms with Gasteiger partial charge in [0.2, 0.25) is 5.91 Å². The number of hydrogen-bond donors (Lipinski definition) is 2. The van der Waals surface area contributed by atoms with Crippen LogP contribution in [0.4, 0.5) is 0 Å². The lowest BCUT2D eigenvalue weighted by Gasteiger charge is -2.39. The number of hydrogen-bond acceptors (Lipinski definition) is 3. The number of aliphatic hydroxyl groups is 1. The Morgan fingerprint density at radius 2 is 2.00 bits per heavy atom. The number of nitrogens with one attached hydrogen (secondary N) is 1. The molecule has 0 aliphatic carbocycles. The van der Waals surface area contributed by atoms with Gasteiger partial charge in [0.05, 0.1) is 0 Å². The zero-order valence-electron chi connectivity index (χ0n) is 10.6. The van der Waals surface area contributed by atoms with E-state index in [0.717, 1.165) is 13.1 Å². The van der Waals surface area contributed by atoms with Gasteiger partial charge in [0, 0.05) is 6.54 Å². The van der Waals surface area contributed by atoms with Crippen LogP contribution >= 0.6 is 0 Å². The number of likely N-dealkylation sites (tertiary alicyclic amines) is 1. The summed E-state index contributed by atoms with van der Waals surface area (Å²) in [4.78, 5) is 13.4. The van der Waals surface area contributed by atoms with Crippen LogP contribution in [0.5, 0.6) is 0 Å². The minimum atomic E-state index is -0.413. The lowest BCUT2D eigenvalue weighted by molar-refractivity contribution is -0.124. The van der Waals surface area contributed by atoms with Crippen LogP contribution < -0.4 is 5.32 Å². The summed E-state index contributed by atoms with van der Waals surface area (Å²) < 4.78 is 0. The van der Waals surface area contributed by atoms with Crippen LogP contribution in [-0.2, 0) is 4.79 Å². The number of carbonyl (C=O) groups excluding carboxylic acids is 1. The van der Waals surface area contributed by atoms with Crippen molar-refractivity contribution in [2.45, 2.75) is 26.7 Å². The van der Waals surface area contributed by atoms with E-state index >= 15 is 0 Å². The van der Waals surface area contributed by atoms with E-state index in [1.807, 2.05) is 0 Å². The van der Waals surface area contributed by atoms with Crippen molar-refractivity contribution in [1.82, 2.24) is 10.2 Å². The van der Waals surface area contributed by atoms with E-state index in [1.54, 1.807) is 0 Å². The van der Waals surface area contributed by atoms with Crippen molar-refractivity contribution in [1.29, 1.82) is 0 Å². The van der Waals surface area contributed by atoms with E-state index in [-0.39, 0.29) is 11.3 Å². The van der Waals surface area contributed by atoms with E-state index < -0.39 is 6.61 Å². The van der Waals surface area contributed by atoms with Gasteiger partial charge in [-0.1, -0.05) is 13.8 Å². The molecular formula is C12H24N2O2. The summed E-state index contributed by atoms with van der Waals surface area (Å²) in [6.45, 7) is 6.91. The summed E-state index contributed by atoms with van der Waals surface area (Å²) in [5, 5.41) is 11.4. The van der Waals surface area contributed by atoms with Crippen LogP contribution in [0.15, 0.2) is 0 Å². The van der Waals surface area contributed by atoms with Gasteiger partial charge in [-0.05, 0) is 44.3 Å². The molecule has 0 radical (unpaired) electrons. The van der Waals surface area contributed by atoms with E-state index in [9.17, 15) is 4.79 Å². The van der Waals surface area contributed by atoms with Gasteiger partial charge in [0.1, 0.15) is 6.61 Å². The topological polar surface area (TPSA) is 52.6 Å². The lowest BCUT2D eigenvalue weighted by Crippen LogP contribution is -2.43. The zero-order valence-corrected chi connectivity index (χ0v) is 10.6. The average molecular weight is 228 g/mol. The third kappa shape index (κ3) is 3.76. The molecule has 0 atom stereocenters. The molecular weight excluding hydrogens is 204 g/mol. The molecule has 0 aromatic rings. The molecule has 0 unspecified atom stereocenters. The minimum Gasteiger partial charge on any atom is -0.387 e. The van der Waals surface area contributed by atoms with E-state index in [1.165, 1.54) is 12.8 Å². The summed E-state index contributed by atoms with van der Waals surface area (Å²) >= 11 is 0. The van der Waals surface area contributed by atoms with Crippen molar-refractivity contribution in [2.75, 3.05) is 33.3 Å². The lowest BCUT2D eigenvalue weighted by atomic mass is 9.73. The Kier molecular flexibility index (Phi) is 4.74. The van der Waals surface area contributed by atoms with Crippen molar-refractivity contribution >= 4 is 5.91 Å². The third-order valence-electron chi connectivity index (χ3n) is 3.71. The first-order valence-electron chi connectivity index (χ1n) is 6.02. The highest BCUT2D eigenvalue weighted by Gasteiger charge is 2.31. The molecule has 16 heavy (non-hydrogen) atoms. The first-order chi connectivity index (χ1) is 7.45.